The van der Waals surface area contributed by atoms with Crippen LogP contribution < -0.4 is 5.32 Å². The number of thiophene rings is 1. The molecular formula is C15H16BrClFNS. The van der Waals surface area contributed by atoms with Crippen LogP contribution in [-0.2, 0) is 6.42 Å². The normalized spacial score (nSPS) is 12.7. The molecule has 0 spiro atoms. The topological polar surface area (TPSA) is 12.0 Å². The van der Waals surface area contributed by atoms with Gasteiger partial charge in [0.15, 0.2) is 0 Å². The van der Waals surface area contributed by atoms with Gasteiger partial charge in [-0.1, -0.05) is 34.5 Å². The van der Waals surface area contributed by atoms with Crippen LogP contribution in [0.2, 0.25) is 5.02 Å². The van der Waals surface area contributed by atoms with E-state index >= 15 is 0 Å². The Hall–Kier alpha value is -0.420. The lowest BCUT2D eigenvalue weighted by Gasteiger charge is -2.18. The molecule has 0 saturated heterocycles. The molecule has 0 aliphatic rings. The second-order valence-electron chi connectivity index (χ2n) is 4.65. The molecule has 1 aromatic carbocycles. The van der Waals surface area contributed by atoms with Gasteiger partial charge in [0.05, 0.1) is 5.02 Å². The maximum absolute atomic E-state index is 13.9. The Kier molecular flexibility index (Phi) is 5.61. The first-order valence-electron chi connectivity index (χ1n) is 6.43. The molecular weight excluding hydrogens is 361 g/mol. The number of likely N-dealkylation sites (N-methyl/N-ethyl adjacent to an activating group) is 1. The van der Waals surface area contributed by atoms with Gasteiger partial charge < -0.3 is 5.32 Å². The highest BCUT2D eigenvalue weighted by molar-refractivity contribution is 9.10. The van der Waals surface area contributed by atoms with Crippen molar-refractivity contribution in [2.24, 2.45) is 0 Å². The molecule has 2 aromatic rings. The van der Waals surface area contributed by atoms with Crippen LogP contribution in [-0.4, -0.2) is 6.54 Å². The summed E-state index contributed by atoms with van der Waals surface area (Å²) in [4.78, 5) is 1.07. The third-order valence-corrected chi connectivity index (χ3v) is 5.45. The molecule has 20 heavy (non-hydrogen) atoms. The molecule has 1 nitrogen and oxygen atoms in total. The zero-order chi connectivity index (χ0) is 14.7. The zero-order valence-electron chi connectivity index (χ0n) is 11.3. The second-order valence-corrected chi connectivity index (χ2v) is 6.85. The Balaban J connectivity index is 2.30. The fraction of sp³-hybridized carbons (Fsp3) is 0.333. The van der Waals surface area contributed by atoms with Crippen molar-refractivity contribution in [3.8, 4) is 0 Å². The first-order valence-corrected chi connectivity index (χ1v) is 8.48. The molecule has 0 radical (unpaired) electrons. The summed E-state index contributed by atoms with van der Waals surface area (Å²) in [6.45, 7) is 4.84. The van der Waals surface area contributed by atoms with Crippen molar-refractivity contribution in [1.82, 2.24) is 5.32 Å². The number of benzene rings is 1. The van der Waals surface area contributed by atoms with Crippen molar-refractivity contribution in [3.05, 3.63) is 54.9 Å². The van der Waals surface area contributed by atoms with E-state index in [-0.39, 0.29) is 11.9 Å². The van der Waals surface area contributed by atoms with Gasteiger partial charge in [0.2, 0.25) is 0 Å². The molecule has 2 rings (SSSR count). The van der Waals surface area contributed by atoms with E-state index in [1.807, 2.05) is 25.3 Å². The average Bonchev–Trinajstić information content (AvgIpc) is 2.74. The van der Waals surface area contributed by atoms with Crippen molar-refractivity contribution >= 4 is 38.9 Å². The average molecular weight is 377 g/mol. The van der Waals surface area contributed by atoms with Crippen molar-refractivity contribution in [3.63, 3.8) is 0 Å². The van der Waals surface area contributed by atoms with Crippen molar-refractivity contribution < 1.29 is 4.39 Å². The van der Waals surface area contributed by atoms with Crippen LogP contribution in [0.5, 0.6) is 0 Å². The summed E-state index contributed by atoms with van der Waals surface area (Å²) in [5.74, 6) is -0.180. The van der Waals surface area contributed by atoms with E-state index < -0.39 is 0 Å². The quantitative estimate of drug-likeness (QED) is 0.726. The molecule has 1 N–H and O–H groups in total. The highest BCUT2D eigenvalue weighted by atomic mass is 79.9. The van der Waals surface area contributed by atoms with Gasteiger partial charge in [0.25, 0.3) is 0 Å². The SMILES string of the molecule is CCNC(Cc1cc(Br)ccc1F)c1scc(C)c1Cl. The van der Waals surface area contributed by atoms with E-state index in [2.05, 4.69) is 21.2 Å². The highest BCUT2D eigenvalue weighted by Gasteiger charge is 2.19. The fourth-order valence-corrected chi connectivity index (χ4v) is 3.92. The minimum Gasteiger partial charge on any atom is -0.309 e. The van der Waals surface area contributed by atoms with Gasteiger partial charge in [-0.05, 0) is 54.6 Å². The molecule has 0 fully saturated rings. The standard InChI is InChI=1S/C15H16BrClFNS/c1-3-19-13(15-14(17)9(2)8-20-15)7-10-6-11(16)4-5-12(10)18/h4-6,8,13,19H,3,7H2,1-2H3. The first-order chi connectivity index (χ1) is 9.52. The van der Waals surface area contributed by atoms with Gasteiger partial charge in [-0.25, -0.2) is 4.39 Å². The summed E-state index contributed by atoms with van der Waals surface area (Å²) < 4.78 is 14.8. The molecule has 0 bridgehead atoms. The van der Waals surface area contributed by atoms with Gasteiger partial charge >= 0.3 is 0 Å². The smallest absolute Gasteiger partial charge is 0.126 e. The van der Waals surface area contributed by atoms with Gasteiger partial charge in [-0.2, -0.15) is 0 Å². The summed E-state index contributed by atoms with van der Waals surface area (Å²) in [5.41, 5.74) is 1.76. The fourth-order valence-electron chi connectivity index (χ4n) is 2.11. The number of aryl methyl sites for hydroxylation is 1. The monoisotopic (exact) mass is 375 g/mol. The molecule has 0 aliphatic carbocycles. The number of nitrogens with one attached hydrogen (secondary N) is 1. The van der Waals surface area contributed by atoms with Crippen LogP contribution >= 0.6 is 38.9 Å². The van der Waals surface area contributed by atoms with Crippen LogP contribution in [0.4, 0.5) is 4.39 Å². The Labute approximate surface area is 136 Å². The van der Waals surface area contributed by atoms with Crippen molar-refractivity contribution in [1.29, 1.82) is 0 Å². The second kappa shape index (κ2) is 7.03. The molecule has 1 unspecified atom stereocenters. The number of hydrogen-bond donors (Lipinski definition) is 1. The van der Waals surface area contributed by atoms with E-state index in [9.17, 15) is 4.39 Å². The number of halogens is 3. The summed E-state index contributed by atoms with van der Waals surface area (Å²) in [5, 5.41) is 6.22. The lowest BCUT2D eigenvalue weighted by atomic mass is 10.0. The van der Waals surface area contributed by atoms with Gasteiger partial charge in [0, 0.05) is 15.4 Å². The Bertz CT molecular complexity index is 600. The van der Waals surface area contributed by atoms with E-state index in [1.165, 1.54) is 6.07 Å². The van der Waals surface area contributed by atoms with E-state index in [0.717, 1.165) is 26.5 Å². The number of hydrogen-bond acceptors (Lipinski definition) is 2. The highest BCUT2D eigenvalue weighted by Crippen LogP contribution is 2.34. The van der Waals surface area contributed by atoms with Gasteiger partial charge in [-0.15, -0.1) is 11.3 Å². The molecule has 1 heterocycles. The zero-order valence-corrected chi connectivity index (χ0v) is 14.5. The lowest BCUT2D eigenvalue weighted by molar-refractivity contribution is 0.534. The minimum atomic E-state index is -0.180. The van der Waals surface area contributed by atoms with Gasteiger partial charge in [-0.3, -0.25) is 0 Å². The van der Waals surface area contributed by atoms with Crippen LogP contribution in [0.3, 0.4) is 0 Å². The van der Waals surface area contributed by atoms with Gasteiger partial charge in [0.1, 0.15) is 5.82 Å². The predicted octanol–water partition coefficient (Wildman–Crippen LogP) is 5.50. The van der Waals surface area contributed by atoms with Crippen molar-refractivity contribution in [2.75, 3.05) is 6.54 Å². The molecule has 0 aliphatic heterocycles. The lowest BCUT2D eigenvalue weighted by Crippen LogP contribution is -2.22. The van der Waals surface area contributed by atoms with Crippen LogP contribution in [0.15, 0.2) is 28.1 Å². The first kappa shape index (κ1) is 16.0. The summed E-state index contributed by atoms with van der Waals surface area (Å²) in [7, 11) is 0. The molecule has 1 aromatic heterocycles. The number of rotatable bonds is 5. The summed E-state index contributed by atoms with van der Waals surface area (Å²) in [6, 6.07) is 5.07. The Morgan fingerprint density at radius 1 is 1.45 bits per heavy atom. The Morgan fingerprint density at radius 2 is 2.20 bits per heavy atom. The largest absolute Gasteiger partial charge is 0.309 e. The Morgan fingerprint density at radius 3 is 2.80 bits per heavy atom. The third kappa shape index (κ3) is 3.61. The third-order valence-electron chi connectivity index (χ3n) is 3.12. The molecule has 5 heteroatoms. The van der Waals surface area contributed by atoms with E-state index in [1.54, 1.807) is 17.4 Å². The van der Waals surface area contributed by atoms with E-state index in [0.29, 0.717) is 12.0 Å². The van der Waals surface area contributed by atoms with Crippen LogP contribution in [0.1, 0.15) is 29.0 Å². The minimum absolute atomic E-state index is 0.0370. The van der Waals surface area contributed by atoms with Crippen LogP contribution in [0, 0.1) is 12.7 Å². The maximum Gasteiger partial charge on any atom is 0.126 e. The molecule has 0 saturated carbocycles. The molecule has 108 valence electrons. The summed E-state index contributed by atoms with van der Waals surface area (Å²) >= 11 is 11.4. The predicted molar refractivity (Wildman–Crippen MR) is 88.3 cm³/mol. The van der Waals surface area contributed by atoms with Crippen molar-refractivity contribution in [2.45, 2.75) is 26.3 Å². The van der Waals surface area contributed by atoms with Crippen LogP contribution in [0.25, 0.3) is 0 Å². The van der Waals surface area contributed by atoms with E-state index in [4.69, 9.17) is 11.6 Å². The summed E-state index contributed by atoms with van der Waals surface area (Å²) in [6.07, 6.45) is 0.582. The molecule has 0 amide bonds. The maximum atomic E-state index is 13.9. The molecule has 1 atom stereocenters.